The quantitative estimate of drug-likeness (QED) is 0.653. The molecule has 1 atom stereocenters. The van der Waals surface area contributed by atoms with Crippen LogP contribution in [-0.4, -0.2) is 12.1 Å². The SMILES string of the molecule is CCC1OB(O)c2ccc(F)cc21. The topological polar surface area (TPSA) is 29.5 Å². The van der Waals surface area contributed by atoms with Crippen molar-refractivity contribution in [1.82, 2.24) is 0 Å². The van der Waals surface area contributed by atoms with Crippen LogP contribution in [-0.2, 0) is 4.65 Å². The molecule has 0 fully saturated rings. The van der Waals surface area contributed by atoms with Crippen molar-refractivity contribution in [3.63, 3.8) is 0 Å². The predicted octanol–water partition coefficient (Wildman–Crippen LogP) is 0.995. The molecule has 1 aromatic carbocycles. The maximum Gasteiger partial charge on any atom is 0.491 e. The highest BCUT2D eigenvalue weighted by atomic mass is 19.1. The number of halogens is 1. The highest BCUT2D eigenvalue weighted by Crippen LogP contribution is 2.26. The second kappa shape index (κ2) is 3.12. The highest BCUT2D eigenvalue weighted by molar-refractivity contribution is 6.61. The number of hydrogen-bond acceptors (Lipinski definition) is 2. The van der Waals surface area contributed by atoms with E-state index < -0.39 is 7.12 Å². The molecular formula is C9H10BFO2. The van der Waals surface area contributed by atoms with E-state index in [0.29, 0.717) is 5.46 Å². The summed E-state index contributed by atoms with van der Waals surface area (Å²) in [7, 11) is -0.888. The second-order valence-electron chi connectivity index (χ2n) is 3.16. The summed E-state index contributed by atoms with van der Waals surface area (Å²) in [6.45, 7) is 1.94. The molecule has 0 amide bonds. The maximum absolute atomic E-state index is 12.9. The average molecular weight is 180 g/mol. The van der Waals surface area contributed by atoms with Crippen LogP contribution in [0.15, 0.2) is 18.2 Å². The van der Waals surface area contributed by atoms with E-state index in [1.807, 2.05) is 6.92 Å². The molecule has 13 heavy (non-hydrogen) atoms. The minimum absolute atomic E-state index is 0.166. The average Bonchev–Trinajstić information content (AvgIpc) is 2.42. The molecule has 0 radical (unpaired) electrons. The Labute approximate surface area is 76.5 Å². The summed E-state index contributed by atoms with van der Waals surface area (Å²) in [4.78, 5) is 0. The Morgan fingerprint density at radius 3 is 3.08 bits per heavy atom. The van der Waals surface area contributed by atoms with E-state index in [4.69, 9.17) is 4.65 Å². The third-order valence-corrected chi connectivity index (χ3v) is 2.33. The zero-order valence-electron chi connectivity index (χ0n) is 7.33. The molecule has 0 aromatic heterocycles. The summed E-state index contributed by atoms with van der Waals surface area (Å²) in [6.07, 6.45) is 0.578. The normalized spacial score (nSPS) is 20.5. The zero-order chi connectivity index (χ0) is 9.42. The number of benzene rings is 1. The first kappa shape index (κ1) is 8.72. The molecule has 2 rings (SSSR count). The van der Waals surface area contributed by atoms with Gasteiger partial charge in [0.1, 0.15) is 5.82 Å². The van der Waals surface area contributed by atoms with Gasteiger partial charge in [-0.15, -0.1) is 0 Å². The fourth-order valence-corrected chi connectivity index (χ4v) is 1.67. The fourth-order valence-electron chi connectivity index (χ4n) is 1.67. The lowest BCUT2D eigenvalue weighted by Gasteiger charge is -2.07. The monoisotopic (exact) mass is 180 g/mol. The highest BCUT2D eigenvalue weighted by Gasteiger charge is 2.33. The Hall–Kier alpha value is -0.865. The molecule has 0 spiro atoms. The fraction of sp³-hybridized carbons (Fsp3) is 0.333. The molecule has 1 N–H and O–H groups in total. The number of hydrogen-bond donors (Lipinski definition) is 1. The summed E-state index contributed by atoms with van der Waals surface area (Å²) in [5.74, 6) is -0.282. The van der Waals surface area contributed by atoms with Gasteiger partial charge in [-0.1, -0.05) is 13.0 Å². The van der Waals surface area contributed by atoms with Gasteiger partial charge in [-0.3, -0.25) is 0 Å². The van der Waals surface area contributed by atoms with Crippen LogP contribution >= 0.6 is 0 Å². The smallest absolute Gasteiger partial charge is 0.423 e. The zero-order valence-corrected chi connectivity index (χ0v) is 7.33. The van der Waals surface area contributed by atoms with Gasteiger partial charge in [0.25, 0.3) is 0 Å². The Balaban J connectivity index is 2.46. The molecule has 2 nitrogen and oxygen atoms in total. The molecule has 68 valence electrons. The number of rotatable bonds is 1. The van der Waals surface area contributed by atoms with Crippen molar-refractivity contribution >= 4 is 12.6 Å². The van der Waals surface area contributed by atoms with Gasteiger partial charge in [0.05, 0.1) is 6.10 Å². The summed E-state index contributed by atoms with van der Waals surface area (Å²) < 4.78 is 18.1. The van der Waals surface area contributed by atoms with Crippen LogP contribution < -0.4 is 5.46 Å². The summed E-state index contributed by atoms with van der Waals surface area (Å²) in [5, 5.41) is 9.43. The second-order valence-corrected chi connectivity index (χ2v) is 3.16. The van der Waals surface area contributed by atoms with E-state index in [1.54, 1.807) is 6.07 Å². The molecule has 0 saturated heterocycles. The first-order chi connectivity index (χ1) is 6.22. The third kappa shape index (κ3) is 1.36. The van der Waals surface area contributed by atoms with Crippen molar-refractivity contribution in [2.24, 2.45) is 0 Å². The summed E-state index contributed by atoms with van der Waals surface area (Å²) >= 11 is 0. The van der Waals surface area contributed by atoms with Crippen molar-refractivity contribution in [2.75, 3.05) is 0 Å². The van der Waals surface area contributed by atoms with Crippen LogP contribution in [0.3, 0.4) is 0 Å². The summed E-state index contributed by atoms with van der Waals surface area (Å²) in [5.41, 5.74) is 1.46. The molecule has 1 aliphatic rings. The van der Waals surface area contributed by atoms with Gasteiger partial charge in [-0.05, 0) is 29.6 Å². The molecule has 4 heteroatoms. The lowest BCUT2D eigenvalue weighted by atomic mass is 9.79. The first-order valence-electron chi connectivity index (χ1n) is 4.35. The van der Waals surface area contributed by atoms with Crippen molar-refractivity contribution < 1.29 is 14.1 Å². The van der Waals surface area contributed by atoms with Crippen LogP contribution in [0, 0.1) is 5.82 Å². The van der Waals surface area contributed by atoms with Crippen LogP contribution in [0.1, 0.15) is 25.0 Å². The van der Waals surface area contributed by atoms with E-state index in [-0.39, 0.29) is 11.9 Å². The first-order valence-corrected chi connectivity index (χ1v) is 4.35. The molecule has 1 heterocycles. The Morgan fingerprint density at radius 1 is 1.62 bits per heavy atom. The van der Waals surface area contributed by atoms with Gasteiger partial charge in [0.2, 0.25) is 0 Å². The minimum Gasteiger partial charge on any atom is -0.423 e. The lowest BCUT2D eigenvalue weighted by Crippen LogP contribution is -2.27. The van der Waals surface area contributed by atoms with Gasteiger partial charge in [-0.25, -0.2) is 4.39 Å². The van der Waals surface area contributed by atoms with E-state index in [1.165, 1.54) is 12.1 Å². The van der Waals surface area contributed by atoms with E-state index in [2.05, 4.69) is 0 Å². The number of fused-ring (bicyclic) bond motifs is 1. The molecular weight excluding hydrogens is 170 g/mol. The Morgan fingerprint density at radius 2 is 2.38 bits per heavy atom. The minimum atomic E-state index is -0.888. The molecule has 1 aliphatic heterocycles. The van der Waals surface area contributed by atoms with Crippen molar-refractivity contribution in [3.05, 3.63) is 29.6 Å². The molecule has 0 bridgehead atoms. The van der Waals surface area contributed by atoms with Gasteiger partial charge in [0.15, 0.2) is 0 Å². The van der Waals surface area contributed by atoms with Crippen molar-refractivity contribution in [1.29, 1.82) is 0 Å². The molecule has 1 unspecified atom stereocenters. The lowest BCUT2D eigenvalue weighted by molar-refractivity contribution is 0.186. The maximum atomic E-state index is 12.9. The van der Waals surface area contributed by atoms with Crippen LogP contribution in [0.2, 0.25) is 0 Å². The van der Waals surface area contributed by atoms with E-state index >= 15 is 0 Å². The molecule has 0 aliphatic carbocycles. The van der Waals surface area contributed by atoms with Crippen LogP contribution in [0.25, 0.3) is 0 Å². The van der Waals surface area contributed by atoms with Gasteiger partial charge < -0.3 is 9.68 Å². The largest absolute Gasteiger partial charge is 0.491 e. The molecule has 1 aromatic rings. The Bertz CT molecular complexity index is 329. The predicted molar refractivity (Wildman–Crippen MR) is 48.1 cm³/mol. The van der Waals surface area contributed by atoms with E-state index in [0.717, 1.165) is 12.0 Å². The standard InChI is InChI=1S/C9H10BFO2/c1-2-9-7-5-6(11)3-4-8(7)10(12)13-9/h3-5,9,12H,2H2,1H3. The third-order valence-electron chi connectivity index (χ3n) is 2.33. The molecule has 0 saturated carbocycles. The Kier molecular flexibility index (Phi) is 2.10. The van der Waals surface area contributed by atoms with E-state index in [9.17, 15) is 9.41 Å². The van der Waals surface area contributed by atoms with Crippen LogP contribution in [0.5, 0.6) is 0 Å². The van der Waals surface area contributed by atoms with Gasteiger partial charge >= 0.3 is 7.12 Å². The summed E-state index contributed by atoms with van der Waals surface area (Å²) in [6, 6.07) is 4.34. The van der Waals surface area contributed by atoms with Crippen molar-refractivity contribution in [2.45, 2.75) is 19.4 Å². The van der Waals surface area contributed by atoms with Crippen LogP contribution in [0.4, 0.5) is 4.39 Å². The van der Waals surface area contributed by atoms with Gasteiger partial charge in [-0.2, -0.15) is 0 Å². The van der Waals surface area contributed by atoms with Gasteiger partial charge in [0, 0.05) is 0 Å². The van der Waals surface area contributed by atoms with Crippen molar-refractivity contribution in [3.8, 4) is 0 Å².